The van der Waals surface area contributed by atoms with Crippen molar-refractivity contribution in [2.45, 2.75) is 6.92 Å². The van der Waals surface area contributed by atoms with Crippen LogP contribution in [0.15, 0.2) is 24.3 Å². The summed E-state index contributed by atoms with van der Waals surface area (Å²) < 4.78 is 0. The average molecular weight is 282 g/mol. The molecule has 4 nitrogen and oxygen atoms in total. The van der Waals surface area contributed by atoms with Gasteiger partial charge in [-0.3, -0.25) is 4.79 Å². The van der Waals surface area contributed by atoms with Crippen LogP contribution in [0.3, 0.4) is 0 Å². The number of carbonyl (C=O) groups is 1. The molecule has 0 atom stereocenters. The van der Waals surface area contributed by atoms with Gasteiger partial charge in [-0.25, -0.2) is 0 Å². The van der Waals surface area contributed by atoms with Crippen LogP contribution < -0.4 is 5.32 Å². The molecule has 104 valence electrons. The number of piperazine rings is 1. The third-order valence-corrected chi connectivity index (χ3v) is 3.81. The van der Waals surface area contributed by atoms with E-state index in [1.807, 2.05) is 29.2 Å². The molecule has 1 aliphatic rings. The Morgan fingerprint density at radius 1 is 1.26 bits per heavy atom. The first kappa shape index (κ1) is 14.2. The van der Waals surface area contributed by atoms with Crippen molar-refractivity contribution >= 4 is 23.2 Å². The van der Waals surface area contributed by atoms with Gasteiger partial charge in [-0.2, -0.15) is 0 Å². The van der Waals surface area contributed by atoms with Crippen molar-refractivity contribution in [2.24, 2.45) is 0 Å². The number of likely N-dealkylation sites (N-methyl/N-ethyl adjacent to an activating group) is 1. The second-order valence-corrected chi connectivity index (χ2v) is 5.06. The Labute approximate surface area is 119 Å². The van der Waals surface area contributed by atoms with Gasteiger partial charge in [0.1, 0.15) is 0 Å². The van der Waals surface area contributed by atoms with Gasteiger partial charge in [0.25, 0.3) is 0 Å². The number of hydrogen-bond acceptors (Lipinski definition) is 3. The minimum Gasteiger partial charge on any atom is -0.375 e. The minimum atomic E-state index is 0.135. The number of amides is 1. The van der Waals surface area contributed by atoms with Gasteiger partial charge in [-0.1, -0.05) is 30.7 Å². The third kappa shape index (κ3) is 3.85. The first-order chi connectivity index (χ1) is 9.20. The number of benzene rings is 1. The molecular formula is C14H20ClN3O. The molecule has 1 fully saturated rings. The van der Waals surface area contributed by atoms with Gasteiger partial charge in [0.05, 0.1) is 17.3 Å². The van der Waals surface area contributed by atoms with Gasteiger partial charge in [0, 0.05) is 26.2 Å². The summed E-state index contributed by atoms with van der Waals surface area (Å²) in [6.45, 7) is 7.07. The van der Waals surface area contributed by atoms with E-state index in [0.717, 1.165) is 38.4 Å². The van der Waals surface area contributed by atoms with E-state index < -0.39 is 0 Å². The largest absolute Gasteiger partial charge is 0.375 e. The summed E-state index contributed by atoms with van der Waals surface area (Å²) in [5, 5.41) is 3.74. The van der Waals surface area contributed by atoms with Crippen LogP contribution in [0.5, 0.6) is 0 Å². The van der Waals surface area contributed by atoms with Gasteiger partial charge in [0.15, 0.2) is 0 Å². The van der Waals surface area contributed by atoms with Crippen molar-refractivity contribution in [2.75, 3.05) is 44.6 Å². The molecule has 0 bridgehead atoms. The number of para-hydroxylation sites is 1. The number of rotatable bonds is 4. The fourth-order valence-electron chi connectivity index (χ4n) is 2.20. The van der Waals surface area contributed by atoms with Gasteiger partial charge in [-0.15, -0.1) is 0 Å². The fraction of sp³-hybridized carbons (Fsp3) is 0.500. The molecule has 0 aromatic heterocycles. The van der Waals surface area contributed by atoms with Crippen molar-refractivity contribution in [1.29, 1.82) is 0 Å². The molecule has 1 aromatic carbocycles. The fourth-order valence-corrected chi connectivity index (χ4v) is 2.40. The molecular weight excluding hydrogens is 262 g/mol. The van der Waals surface area contributed by atoms with Crippen molar-refractivity contribution in [1.82, 2.24) is 9.80 Å². The predicted octanol–water partition coefficient (Wildman–Crippen LogP) is 1.92. The molecule has 1 saturated heterocycles. The summed E-state index contributed by atoms with van der Waals surface area (Å²) in [7, 11) is 0. The van der Waals surface area contributed by atoms with Crippen LogP contribution in [-0.2, 0) is 4.79 Å². The average Bonchev–Trinajstić information content (AvgIpc) is 2.46. The quantitative estimate of drug-likeness (QED) is 0.916. The normalized spacial score (nSPS) is 16.4. The standard InChI is InChI=1S/C14H20ClN3O/c1-2-17-7-9-18(10-8-17)14(19)11-16-13-6-4-3-5-12(13)15/h3-6,16H,2,7-11H2,1H3. The van der Waals surface area contributed by atoms with E-state index in [9.17, 15) is 4.79 Å². The third-order valence-electron chi connectivity index (χ3n) is 3.48. The monoisotopic (exact) mass is 281 g/mol. The zero-order chi connectivity index (χ0) is 13.7. The predicted molar refractivity (Wildman–Crippen MR) is 78.6 cm³/mol. The zero-order valence-corrected chi connectivity index (χ0v) is 12.0. The van der Waals surface area contributed by atoms with Gasteiger partial charge in [-0.05, 0) is 18.7 Å². The van der Waals surface area contributed by atoms with E-state index in [4.69, 9.17) is 11.6 Å². The molecule has 1 aliphatic heterocycles. The molecule has 0 unspecified atom stereocenters. The Morgan fingerprint density at radius 3 is 2.58 bits per heavy atom. The molecule has 1 N–H and O–H groups in total. The minimum absolute atomic E-state index is 0.135. The van der Waals surface area contributed by atoms with E-state index in [1.165, 1.54) is 0 Å². The molecule has 0 saturated carbocycles. The lowest BCUT2D eigenvalue weighted by atomic mass is 10.3. The Bertz CT molecular complexity index is 430. The van der Waals surface area contributed by atoms with E-state index in [-0.39, 0.29) is 5.91 Å². The summed E-state index contributed by atoms with van der Waals surface area (Å²) in [4.78, 5) is 16.3. The topological polar surface area (TPSA) is 35.6 Å². The van der Waals surface area contributed by atoms with E-state index in [0.29, 0.717) is 11.6 Å². The highest BCUT2D eigenvalue weighted by Crippen LogP contribution is 2.20. The smallest absolute Gasteiger partial charge is 0.241 e. The Kier molecular flexibility index (Phi) is 5.05. The SMILES string of the molecule is CCN1CCN(C(=O)CNc2ccccc2Cl)CC1. The van der Waals surface area contributed by atoms with Crippen LogP contribution in [0, 0.1) is 0 Å². The molecule has 0 aliphatic carbocycles. The van der Waals surface area contributed by atoms with Gasteiger partial charge >= 0.3 is 0 Å². The number of nitrogens with zero attached hydrogens (tertiary/aromatic N) is 2. The first-order valence-electron chi connectivity index (χ1n) is 6.69. The van der Waals surface area contributed by atoms with Crippen LogP contribution in [0.1, 0.15) is 6.92 Å². The maximum Gasteiger partial charge on any atom is 0.241 e. The molecule has 5 heteroatoms. The molecule has 0 spiro atoms. The molecule has 2 rings (SSSR count). The van der Waals surface area contributed by atoms with Crippen LogP contribution in [0.25, 0.3) is 0 Å². The van der Waals surface area contributed by atoms with Crippen LogP contribution in [0.4, 0.5) is 5.69 Å². The van der Waals surface area contributed by atoms with E-state index in [2.05, 4.69) is 17.1 Å². The summed E-state index contributed by atoms with van der Waals surface area (Å²) in [5.41, 5.74) is 0.810. The summed E-state index contributed by atoms with van der Waals surface area (Å²) in [5.74, 6) is 0.135. The lowest BCUT2D eigenvalue weighted by molar-refractivity contribution is -0.131. The maximum atomic E-state index is 12.1. The lowest BCUT2D eigenvalue weighted by Gasteiger charge is -2.34. The highest BCUT2D eigenvalue weighted by molar-refractivity contribution is 6.33. The number of anilines is 1. The maximum absolute atomic E-state index is 12.1. The molecule has 1 aromatic rings. The van der Waals surface area contributed by atoms with Crippen LogP contribution in [-0.4, -0.2) is 55.0 Å². The van der Waals surface area contributed by atoms with Crippen molar-refractivity contribution in [3.05, 3.63) is 29.3 Å². The zero-order valence-electron chi connectivity index (χ0n) is 11.2. The van der Waals surface area contributed by atoms with E-state index in [1.54, 1.807) is 0 Å². The summed E-state index contributed by atoms with van der Waals surface area (Å²) >= 11 is 6.04. The molecule has 1 amide bonds. The second kappa shape index (κ2) is 6.78. The number of hydrogen-bond donors (Lipinski definition) is 1. The van der Waals surface area contributed by atoms with Crippen molar-refractivity contribution in [3.63, 3.8) is 0 Å². The first-order valence-corrected chi connectivity index (χ1v) is 7.07. The summed E-state index contributed by atoms with van der Waals surface area (Å²) in [6.07, 6.45) is 0. The van der Waals surface area contributed by atoms with Crippen LogP contribution in [0.2, 0.25) is 5.02 Å². The van der Waals surface area contributed by atoms with E-state index >= 15 is 0 Å². The van der Waals surface area contributed by atoms with Crippen LogP contribution >= 0.6 is 11.6 Å². The highest BCUT2D eigenvalue weighted by atomic mass is 35.5. The Balaban J connectivity index is 1.81. The van der Waals surface area contributed by atoms with Crippen molar-refractivity contribution < 1.29 is 4.79 Å². The second-order valence-electron chi connectivity index (χ2n) is 4.65. The van der Waals surface area contributed by atoms with Gasteiger partial charge in [0.2, 0.25) is 5.91 Å². The number of halogens is 1. The Morgan fingerprint density at radius 2 is 1.95 bits per heavy atom. The highest BCUT2D eigenvalue weighted by Gasteiger charge is 2.19. The lowest BCUT2D eigenvalue weighted by Crippen LogP contribution is -2.49. The Hall–Kier alpha value is -1.26. The molecule has 19 heavy (non-hydrogen) atoms. The van der Waals surface area contributed by atoms with Gasteiger partial charge < -0.3 is 15.1 Å². The summed E-state index contributed by atoms with van der Waals surface area (Å²) in [6, 6.07) is 7.47. The van der Waals surface area contributed by atoms with Crippen molar-refractivity contribution in [3.8, 4) is 0 Å². The molecule has 1 heterocycles. The number of nitrogens with one attached hydrogen (secondary N) is 1. The molecule has 0 radical (unpaired) electrons. The number of carbonyl (C=O) groups excluding carboxylic acids is 1.